The van der Waals surface area contributed by atoms with Crippen molar-refractivity contribution in [3.8, 4) is 5.75 Å². The summed E-state index contributed by atoms with van der Waals surface area (Å²) in [4.78, 5) is 12.9. The fourth-order valence-electron chi connectivity index (χ4n) is 2.80. The molecule has 0 saturated carbocycles. The molecule has 3 aromatic carbocycles. The van der Waals surface area contributed by atoms with Gasteiger partial charge in [0, 0.05) is 5.39 Å². The molecule has 3 nitrogen and oxygen atoms in total. The summed E-state index contributed by atoms with van der Waals surface area (Å²) >= 11 is 3.54. The lowest BCUT2D eigenvalue weighted by Crippen LogP contribution is -2.02. The quantitative estimate of drug-likeness (QED) is 0.361. The van der Waals surface area contributed by atoms with E-state index in [2.05, 4.69) is 15.9 Å². The smallest absolute Gasteiger partial charge is 0.201 e. The Morgan fingerprint density at radius 2 is 1.68 bits per heavy atom. The summed E-state index contributed by atoms with van der Waals surface area (Å²) in [5.74, 6) is 0.733. The van der Waals surface area contributed by atoms with Crippen molar-refractivity contribution in [1.29, 1.82) is 0 Å². The number of fused-ring (bicyclic) bond motifs is 4. The molecular formula is C18H11BrO3. The van der Waals surface area contributed by atoms with E-state index in [1.807, 2.05) is 42.5 Å². The Bertz CT molecular complexity index is 1100. The van der Waals surface area contributed by atoms with E-state index in [1.165, 1.54) is 0 Å². The van der Waals surface area contributed by atoms with Crippen molar-refractivity contribution in [3.63, 3.8) is 0 Å². The summed E-state index contributed by atoms with van der Waals surface area (Å²) in [6, 6.07) is 14.8. The molecule has 4 aromatic rings. The van der Waals surface area contributed by atoms with Crippen LogP contribution in [0.3, 0.4) is 0 Å². The van der Waals surface area contributed by atoms with Crippen LogP contribution >= 0.6 is 15.9 Å². The summed E-state index contributed by atoms with van der Waals surface area (Å²) < 4.78 is 12.0. The van der Waals surface area contributed by atoms with Crippen molar-refractivity contribution in [2.45, 2.75) is 0 Å². The van der Waals surface area contributed by atoms with Crippen LogP contribution in [0.25, 0.3) is 32.7 Å². The first-order valence-electron chi connectivity index (χ1n) is 6.81. The Balaban J connectivity index is 2.27. The Morgan fingerprint density at radius 3 is 2.50 bits per heavy atom. The highest BCUT2D eigenvalue weighted by molar-refractivity contribution is 9.10. The molecule has 0 spiro atoms. The molecule has 108 valence electrons. The molecule has 0 aliphatic heterocycles. The van der Waals surface area contributed by atoms with Gasteiger partial charge in [0.25, 0.3) is 0 Å². The first kappa shape index (κ1) is 13.3. The number of rotatable bonds is 1. The number of para-hydroxylation sites is 1. The fourth-order valence-corrected chi connectivity index (χ4v) is 3.44. The van der Waals surface area contributed by atoms with Crippen LogP contribution in [0.15, 0.2) is 62.2 Å². The van der Waals surface area contributed by atoms with Gasteiger partial charge in [0.15, 0.2) is 0 Å². The second-order valence-corrected chi connectivity index (χ2v) is 5.84. The van der Waals surface area contributed by atoms with Gasteiger partial charge in [-0.15, -0.1) is 0 Å². The van der Waals surface area contributed by atoms with Crippen molar-refractivity contribution in [1.82, 2.24) is 0 Å². The van der Waals surface area contributed by atoms with E-state index in [0.29, 0.717) is 21.9 Å². The monoisotopic (exact) mass is 354 g/mol. The number of halogens is 1. The molecule has 4 rings (SSSR count). The molecule has 4 heteroatoms. The molecule has 22 heavy (non-hydrogen) atoms. The summed E-state index contributed by atoms with van der Waals surface area (Å²) in [5.41, 5.74) is 1.18. The maximum atomic E-state index is 12.9. The van der Waals surface area contributed by atoms with Gasteiger partial charge in [0.1, 0.15) is 16.9 Å². The number of methoxy groups -OCH3 is 1. The van der Waals surface area contributed by atoms with Crippen molar-refractivity contribution in [2.75, 3.05) is 7.11 Å². The molecule has 0 radical (unpaired) electrons. The molecule has 0 saturated heterocycles. The van der Waals surface area contributed by atoms with E-state index in [0.717, 1.165) is 21.0 Å². The molecule has 0 N–H and O–H groups in total. The lowest BCUT2D eigenvalue weighted by Gasteiger charge is -2.09. The molecule has 0 amide bonds. The number of benzene rings is 3. The average molecular weight is 355 g/mol. The van der Waals surface area contributed by atoms with E-state index >= 15 is 0 Å². The Morgan fingerprint density at radius 1 is 0.909 bits per heavy atom. The predicted octanol–water partition coefficient (Wildman–Crippen LogP) is 4.87. The maximum Gasteiger partial charge on any atom is 0.201 e. The van der Waals surface area contributed by atoms with Crippen LogP contribution in [0.4, 0.5) is 0 Å². The standard InChI is InChI=1S/C18H11BrO3/c1-21-15-9-6-10-11(17(15)19)7-8-14-16(10)18(20)12-4-2-3-5-13(12)22-14/h2-9H,1H3. The van der Waals surface area contributed by atoms with Crippen molar-refractivity contribution < 1.29 is 9.15 Å². The van der Waals surface area contributed by atoms with Gasteiger partial charge < -0.3 is 9.15 Å². The zero-order valence-corrected chi connectivity index (χ0v) is 13.3. The van der Waals surface area contributed by atoms with Gasteiger partial charge in [-0.25, -0.2) is 0 Å². The van der Waals surface area contributed by atoms with Gasteiger partial charge in [-0.05, 0) is 57.7 Å². The third-order valence-corrected chi connectivity index (χ3v) is 4.68. The zero-order valence-electron chi connectivity index (χ0n) is 11.7. The van der Waals surface area contributed by atoms with Crippen LogP contribution < -0.4 is 10.2 Å². The van der Waals surface area contributed by atoms with Crippen molar-refractivity contribution >= 4 is 48.6 Å². The first-order valence-corrected chi connectivity index (χ1v) is 7.61. The SMILES string of the molecule is COc1ccc2c(ccc3oc4ccccc4c(=O)c32)c1Br. The van der Waals surface area contributed by atoms with E-state index in [9.17, 15) is 4.79 Å². The minimum absolute atomic E-state index is 0.0143. The molecule has 0 atom stereocenters. The second-order valence-electron chi connectivity index (χ2n) is 5.04. The number of hydrogen-bond acceptors (Lipinski definition) is 3. The lowest BCUT2D eigenvalue weighted by molar-refractivity contribution is 0.413. The molecule has 0 aliphatic rings. The Labute approximate surface area is 134 Å². The highest BCUT2D eigenvalue weighted by Gasteiger charge is 2.13. The van der Waals surface area contributed by atoms with Gasteiger partial charge in [-0.2, -0.15) is 0 Å². The van der Waals surface area contributed by atoms with Crippen LogP contribution in [0, 0.1) is 0 Å². The minimum Gasteiger partial charge on any atom is -0.496 e. The minimum atomic E-state index is -0.0143. The maximum absolute atomic E-state index is 12.9. The largest absolute Gasteiger partial charge is 0.496 e. The number of ether oxygens (including phenoxy) is 1. The van der Waals surface area contributed by atoms with Crippen molar-refractivity contribution in [2.24, 2.45) is 0 Å². The Kier molecular flexibility index (Phi) is 2.94. The normalized spacial score (nSPS) is 11.4. The van der Waals surface area contributed by atoms with Crippen LogP contribution in [0.1, 0.15) is 0 Å². The zero-order chi connectivity index (χ0) is 15.3. The molecule has 1 heterocycles. The third kappa shape index (κ3) is 1.77. The van der Waals surface area contributed by atoms with Crippen LogP contribution in [-0.2, 0) is 0 Å². The van der Waals surface area contributed by atoms with Crippen LogP contribution in [0.5, 0.6) is 5.75 Å². The third-order valence-electron chi connectivity index (χ3n) is 3.86. The van der Waals surface area contributed by atoms with Gasteiger partial charge in [0.2, 0.25) is 5.43 Å². The summed E-state index contributed by atoms with van der Waals surface area (Å²) in [7, 11) is 1.62. The highest BCUT2D eigenvalue weighted by atomic mass is 79.9. The van der Waals surface area contributed by atoms with E-state index in [-0.39, 0.29) is 5.43 Å². The molecular weight excluding hydrogens is 344 g/mol. The summed E-state index contributed by atoms with van der Waals surface area (Å²) in [5, 5.41) is 2.97. The van der Waals surface area contributed by atoms with Crippen molar-refractivity contribution in [3.05, 3.63) is 63.2 Å². The Hall–Kier alpha value is -2.33. The van der Waals surface area contributed by atoms with Crippen LogP contribution in [0.2, 0.25) is 0 Å². The van der Waals surface area contributed by atoms with E-state index in [1.54, 1.807) is 13.2 Å². The molecule has 0 bridgehead atoms. The first-order chi connectivity index (χ1) is 10.7. The highest BCUT2D eigenvalue weighted by Crippen LogP contribution is 2.36. The number of hydrogen-bond donors (Lipinski definition) is 0. The van der Waals surface area contributed by atoms with Gasteiger partial charge >= 0.3 is 0 Å². The summed E-state index contributed by atoms with van der Waals surface area (Å²) in [6.45, 7) is 0. The fraction of sp³-hybridized carbons (Fsp3) is 0.0556. The predicted molar refractivity (Wildman–Crippen MR) is 91.7 cm³/mol. The van der Waals surface area contributed by atoms with Crippen LogP contribution in [-0.4, -0.2) is 7.11 Å². The topological polar surface area (TPSA) is 39.4 Å². The van der Waals surface area contributed by atoms with Gasteiger partial charge in [-0.3, -0.25) is 4.79 Å². The lowest BCUT2D eigenvalue weighted by atomic mass is 10.0. The average Bonchev–Trinajstić information content (AvgIpc) is 2.55. The van der Waals surface area contributed by atoms with Gasteiger partial charge in [-0.1, -0.05) is 12.1 Å². The van der Waals surface area contributed by atoms with Gasteiger partial charge in [0.05, 0.1) is 22.4 Å². The molecule has 0 unspecified atom stereocenters. The van der Waals surface area contributed by atoms with E-state index in [4.69, 9.17) is 9.15 Å². The second kappa shape index (κ2) is 4.85. The van der Waals surface area contributed by atoms with E-state index < -0.39 is 0 Å². The summed E-state index contributed by atoms with van der Waals surface area (Å²) in [6.07, 6.45) is 0. The molecule has 0 fully saturated rings. The molecule has 1 aromatic heterocycles. The molecule has 0 aliphatic carbocycles.